The third-order valence-corrected chi connectivity index (χ3v) is 5.61. The molecule has 0 aliphatic rings. The van der Waals surface area contributed by atoms with E-state index in [4.69, 9.17) is 0 Å². The van der Waals surface area contributed by atoms with Gasteiger partial charge in [0.05, 0.1) is 39.7 Å². The largest absolute Gasteiger partial charge is 0.418 e. The van der Waals surface area contributed by atoms with Crippen LogP contribution in [0.3, 0.4) is 0 Å². The Labute approximate surface area is 180 Å². The first-order valence-electron chi connectivity index (χ1n) is 10.0. The highest BCUT2D eigenvalue weighted by molar-refractivity contribution is 5.93. The van der Waals surface area contributed by atoms with E-state index in [9.17, 15) is 13.2 Å². The van der Waals surface area contributed by atoms with E-state index in [1.165, 1.54) is 6.07 Å². The summed E-state index contributed by atoms with van der Waals surface area (Å²) in [6.45, 7) is 0. The number of para-hydroxylation sites is 3. The summed E-state index contributed by atoms with van der Waals surface area (Å²) in [7, 11) is 0. The minimum atomic E-state index is -4.49. The average molecular weight is 428 g/mol. The monoisotopic (exact) mass is 428 g/mol. The number of nitrogens with zero attached hydrogens (tertiary/aromatic N) is 4. The number of alkyl halides is 3. The zero-order chi connectivity index (χ0) is 21.9. The zero-order valence-corrected chi connectivity index (χ0v) is 16.6. The average Bonchev–Trinajstić information content (AvgIpc) is 3.33. The summed E-state index contributed by atoms with van der Waals surface area (Å²) in [5, 5.41) is 0. The lowest BCUT2D eigenvalue weighted by Gasteiger charge is -2.08. The number of imidazole rings is 2. The van der Waals surface area contributed by atoms with E-state index in [1.54, 1.807) is 16.7 Å². The highest BCUT2D eigenvalue weighted by atomic mass is 19.4. The van der Waals surface area contributed by atoms with Crippen molar-refractivity contribution >= 4 is 27.8 Å². The molecule has 0 unspecified atom stereocenters. The van der Waals surface area contributed by atoms with Crippen LogP contribution in [0.5, 0.6) is 0 Å². The normalized spacial score (nSPS) is 12.2. The molecule has 0 saturated heterocycles. The van der Waals surface area contributed by atoms with Gasteiger partial charge in [0.2, 0.25) is 5.78 Å². The zero-order valence-electron chi connectivity index (χ0n) is 16.6. The van der Waals surface area contributed by atoms with Crippen molar-refractivity contribution in [2.45, 2.75) is 6.18 Å². The van der Waals surface area contributed by atoms with Crippen molar-refractivity contribution in [2.75, 3.05) is 0 Å². The van der Waals surface area contributed by atoms with Gasteiger partial charge < -0.3 is 0 Å². The maximum Gasteiger partial charge on any atom is 0.418 e. The second-order valence-electron chi connectivity index (χ2n) is 7.51. The lowest BCUT2D eigenvalue weighted by Crippen LogP contribution is -2.05. The van der Waals surface area contributed by atoms with Crippen LogP contribution in [0, 0.1) is 0 Å². The first-order chi connectivity index (χ1) is 15.5. The van der Waals surface area contributed by atoms with Crippen LogP contribution in [0.15, 0.2) is 91.1 Å². The van der Waals surface area contributed by atoms with Crippen molar-refractivity contribution in [3.8, 4) is 16.9 Å². The van der Waals surface area contributed by atoms with Crippen molar-refractivity contribution in [1.82, 2.24) is 18.9 Å². The maximum atomic E-state index is 13.6. The second-order valence-corrected chi connectivity index (χ2v) is 7.51. The standard InChI is InChI=1S/C25H15F3N4/c26-25(27,28)18-9-6-12-22-23(18)30-24-31(20-10-4-5-11-21(20)32(22)24)17-13-14-19(29-15-17)16-7-2-1-3-8-16/h1-15H. The molecule has 6 rings (SSSR count). The van der Waals surface area contributed by atoms with E-state index in [-0.39, 0.29) is 5.52 Å². The number of rotatable bonds is 2. The van der Waals surface area contributed by atoms with Crippen LogP contribution >= 0.6 is 0 Å². The van der Waals surface area contributed by atoms with Crippen molar-refractivity contribution in [3.63, 3.8) is 0 Å². The van der Waals surface area contributed by atoms with Crippen molar-refractivity contribution in [3.05, 3.63) is 96.7 Å². The van der Waals surface area contributed by atoms with Gasteiger partial charge in [-0.05, 0) is 36.4 Å². The summed E-state index contributed by atoms with van der Waals surface area (Å²) >= 11 is 0. The van der Waals surface area contributed by atoms with E-state index in [1.807, 2.05) is 71.3 Å². The predicted octanol–water partition coefficient (Wildman–Crippen LogP) is 6.51. The molecule has 156 valence electrons. The van der Waals surface area contributed by atoms with Gasteiger partial charge >= 0.3 is 6.18 Å². The Morgan fingerprint density at radius 3 is 2.12 bits per heavy atom. The third-order valence-electron chi connectivity index (χ3n) is 5.61. The van der Waals surface area contributed by atoms with Crippen LogP contribution in [0.25, 0.3) is 44.8 Å². The topological polar surface area (TPSA) is 35.1 Å². The molecule has 0 saturated carbocycles. The summed E-state index contributed by atoms with van der Waals surface area (Å²) in [5.74, 6) is 0.409. The molecule has 0 amide bonds. The minimum absolute atomic E-state index is 0.0663. The molecule has 7 heteroatoms. The summed E-state index contributed by atoms with van der Waals surface area (Å²) in [6.07, 6.45) is -2.77. The van der Waals surface area contributed by atoms with E-state index >= 15 is 0 Å². The first kappa shape index (κ1) is 18.6. The van der Waals surface area contributed by atoms with Gasteiger partial charge in [-0.2, -0.15) is 13.2 Å². The molecule has 0 spiro atoms. The fraction of sp³-hybridized carbons (Fsp3) is 0.0400. The van der Waals surface area contributed by atoms with E-state index < -0.39 is 11.7 Å². The van der Waals surface area contributed by atoms with E-state index in [2.05, 4.69) is 9.97 Å². The van der Waals surface area contributed by atoms with E-state index in [0.29, 0.717) is 11.3 Å². The summed E-state index contributed by atoms with van der Waals surface area (Å²) in [6, 6.07) is 25.3. The number of hydrogen-bond acceptors (Lipinski definition) is 2. The lowest BCUT2D eigenvalue weighted by molar-refractivity contribution is -0.136. The fourth-order valence-corrected chi connectivity index (χ4v) is 4.21. The Kier molecular flexibility index (Phi) is 3.89. The molecule has 4 nitrogen and oxygen atoms in total. The SMILES string of the molecule is FC(F)(F)c1cccc2c1nc1n(-c3ccc(-c4ccccc4)nc3)c3ccccc3n21. The van der Waals surface area contributed by atoms with Gasteiger partial charge in [0.15, 0.2) is 0 Å². The number of pyridine rings is 1. The van der Waals surface area contributed by atoms with Gasteiger partial charge in [-0.15, -0.1) is 0 Å². The molecule has 3 aromatic heterocycles. The highest BCUT2D eigenvalue weighted by Gasteiger charge is 2.34. The van der Waals surface area contributed by atoms with Gasteiger partial charge in [-0.1, -0.05) is 48.5 Å². The van der Waals surface area contributed by atoms with Crippen molar-refractivity contribution in [1.29, 1.82) is 0 Å². The van der Waals surface area contributed by atoms with Crippen LogP contribution < -0.4 is 0 Å². The number of aromatic nitrogens is 4. The molecule has 0 atom stereocenters. The highest BCUT2D eigenvalue weighted by Crippen LogP contribution is 2.37. The van der Waals surface area contributed by atoms with Crippen molar-refractivity contribution in [2.24, 2.45) is 0 Å². The van der Waals surface area contributed by atoms with Gasteiger partial charge in [0.25, 0.3) is 0 Å². The Bertz CT molecular complexity index is 1590. The van der Waals surface area contributed by atoms with Gasteiger partial charge in [-0.3, -0.25) is 14.0 Å². The Morgan fingerprint density at radius 2 is 1.41 bits per heavy atom. The molecular formula is C25H15F3N4. The molecule has 3 heterocycles. The first-order valence-corrected chi connectivity index (χ1v) is 10.0. The lowest BCUT2D eigenvalue weighted by atomic mass is 10.1. The van der Waals surface area contributed by atoms with Crippen LogP contribution in [0.4, 0.5) is 13.2 Å². The summed E-state index contributed by atoms with van der Waals surface area (Å²) in [4.78, 5) is 9.05. The van der Waals surface area contributed by atoms with Gasteiger partial charge in [-0.25, -0.2) is 4.98 Å². The number of hydrogen-bond donors (Lipinski definition) is 0. The molecule has 0 fully saturated rings. The van der Waals surface area contributed by atoms with Gasteiger partial charge in [0, 0.05) is 5.56 Å². The van der Waals surface area contributed by atoms with Crippen LogP contribution in [0.1, 0.15) is 5.56 Å². The molecule has 6 aromatic rings. The molecule has 0 radical (unpaired) electrons. The predicted molar refractivity (Wildman–Crippen MR) is 118 cm³/mol. The Morgan fingerprint density at radius 1 is 0.688 bits per heavy atom. The molecular weight excluding hydrogens is 413 g/mol. The second kappa shape index (κ2) is 6.68. The molecule has 3 aromatic carbocycles. The summed E-state index contributed by atoms with van der Waals surface area (Å²) in [5.41, 5.74) is 3.74. The molecule has 0 aliphatic carbocycles. The van der Waals surface area contributed by atoms with Gasteiger partial charge in [0.1, 0.15) is 5.52 Å². The maximum absolute atomic E-state index is 13.6. The van der Waals surface area contributed by atoms with E-state index in [0.717, 1.165) is 34.0 Å². The fourth-order valence-electron chi connectivity index (χ4n) is 4.21. The molecule has 0 bridgehead atoms. The van der Waals surface area contributed by atoms with Crippen LogP contribution in [-0.2, 0) is 6.18 Å². The Hall–Kier alpha value is -4.13. The van der Waals surface area contributed by atoms with Crippen molar-refractivity contribution < 1.29 is 13.2 Å². The quantitative estimate of drug-likeness (QED) is 0.315. The minimum Gasteiger partial charge on any atom is -0.277 e. The van der Waals surface area contributed by atoms with Crippen LogP contribution in [-0.4, -0.2) is 18.9 Å². The Balaban J connectivity index is 1.64. The smallest absolute Gasteiger partial charge is 0.277 e. The molecule has 0 aliphatic heterocycles. The number of halogens is 3. The number of fused-ring (bicyclic) bond motifs is 5. The number of benzene rings is 3. The van der Waals surface area contributed by atoms with Crippen LogP contribution in [0.2, 0.25) is 0 Å². The molecule has 0 N–H and O–H groups in total. The summed E-state index contributed by atoms with van der Waals surface area (Å²) < 4.78 is 44.5. The third kappa shape index (κ3) is 2.71. The molecule has 32 heavy (non-hydrogen) atoms.